The van der Waals surface area contributed by atoms with Crippen LogP contribution in [0.25, 0.3) is 0 Å². The Kier molecular flexibility index (Phi) is 3.53. The van der Waals surface area contributed by atoms with Gasteiger partial charge in [0.25, 0.3) is 0 Å². The molecule has 0 bridgehead atoms. The minimum Gasteiger partial charge on any atom is -0.478 e. The number of benzene rings is 2. The number of carboxylic acid groups (broad SMARTS) is 1. The van der Waals surface area contributed by atoms with Gasteiger partial charge in [-0.1, -0.05) is 22.0 Å². The van der Waals surface area contributed by atoms with E-state index in [1.165, 1.54) is 6.07 Å². The standard InChI is InChI=1S/C13H11BrN2O2/c14-8-4-6-9(7-5-8)16-11-3-1-2-10(12(11)15)13(17)18/h1-7,16H,15H2,(H,17,18). The van der Waals surface area contributed by atoms with E-state index >= 15 is 0 Å². The van der Waals surface area contributed by atoms with Gasteiger partial charge < -0.3 is 16.2 Å². The van der Waals surface area contributed by atoms with Crippen molar-refractivity contribution in [3.05, 3.63) is 52.5 Å². The summed E-state index contributed by atoms with van der Waals surface area (Å²) in [5.41, 5.74) is 7.55. The van der Waals surface area contributed by atoms with E-state index in [9.17, 15) is 4.79 Å². The summed E-state index contributed by atoms with van der Waals surface area (Å²) in [7, 11) is 0. The molecule has 0 heterocycles. The lowest BCUT2D eigenvalue weighted by molar-refractivity contribution is 0.0698. The first-order chi connectivity index (χ1) is 8.58. The van der Waals surface area contributed by atoms with Crippen molar-refractivity contribution in [3.8, 4) is 0 Å². The summed E-state index contributed by atoms with van der Waals surface area (Å²) in [5, 5.41) is 12.1. The normalized spacial score (nSPS) is 10.1. The Balaban J connectivity index is 2.32. The van der Waals surface area contributed by atoms with Gasteiger partial charge in [-0.2, -0.15) is 0 Å². The third-order valence-electron chi connectivity index (χ3n) is 2.46. The number of aromatic carboxylic acids is 1. The molecule has 0 saturated heterocycles. The zero-order valence-electron chi connectivity index (χ0n) is 9.35. The summed E-state index contributed by atoms with van der Waals surface area (Å²) in [6, 6.07) is 12.4. The molecule has 0 aliphatic rings. The molecule has 0 aliphatic heterocycles. The number of carboxylic acids is 1. The maximum absolute atomic E-state index is 11.0. The molecule has 0 spiro atoms. The summed E-state index contributed by atoms with van der Waals surface area (Å²) >= 11 is 3.35. The van der Waals surface area contributed by atoms with Crippen LogP contribution in [0.4, 0.5) is 17.1 Å². The Bertz CT molecular complexity index is 582. The lowest BCUT2D eigenvalue weighted by Gasteiger charge is -2.11. The molecular formula is C13H11BrN2O2. The Morgan fingerprint density at radius 1 is 1.17 bits per heavy atom. The molecule has 4 N–H and O–H groups in total. The van der Waals surface area contributed by atoms with E-state index in [1.807, 2.05) is 24.3 Å². The zero-order valence-corrected chi connectivity index (χ0v) is 10.9. The van der Waals surface area contributed by atoms with E-state index in [0.29, 0.717) is 5.69 Å². The van der Waals surface area contributed by atoms with Crippen LogP contribution in [0, 0.1) is 0 Å². The van der Waals surface area contributed by atoms with Crippen LogP contribution in [0.15, 0.2) is 46.9 Å². The van der Waals surface area contributed by atoms with Crippen LogP contribution in [0.5, 0.6) is 0 Å². The number of nitrogens with two attached hydrogens (primary N) is 1. The largest absolute Gasteiger partial charge is 0.478 e. The molecule has 92 valence electrons. The average molecular weight is 307 g/mol. The van der Waals surface area contributed by atoms with E-state index in [0.717, 1.165) is 10.2 Å². The van der Waals surface area contributed by atoms with Gasteiger partial charge in [0.15, 0.2) is 0 Å². The number of nitrogens with one attached hydrogen (secondary N) is 1. The number of halogens is 1. The molecule has 0 unspecified atom stereocenters. The second-order valence-electron chi connectivity index (χ2n) is 3.70. The predicted octanol–water partition coefficient (Wildman–Crippen LogP) is 3.47. The summed E-state index contributed by atoms with van der Waals surface area (Å²) in [4.78, 5) is 11.0. The Morgan fingerprint density at radius 3 is 2.44 bits per heavy atom. The van der Waals surface area contributed by atoms with E-state index in [2.05, 4.69) is 21.2 Å². The van der Waals surface area contributed by atoms with Crippen LogP contribution in [-0.2, 0) is 0 Å². The molecule has 0 amide bonds. The molecule has 18 heavy (non-hydrogen) atoms. The molecule has 0 aromatic heterocycles. The maximum atomic E-state index is 11.0. The number of rotatable bonds is 3. The topological polar surface area (TPSA) is 75.3 Å². The molecular weight excluding hydrogens is 296 g/mol. The number of hydrogen-bond donors (Lipinski definition) is 3. The number of para-hydroxylation sites is 1. The number of nitrogen functional groups attached to an aromatic ring is 1. The first kappa shape index (κ1) is 12.4. The Hall–Kier alpha value is -2.01. The number of carbonyl (C=O) groups is 1. The highest BCUT2D eigenvalue weighted by Gasteiger charge is 2.10. The average Bonchev–Trinajstić information content (AvgIpc) is 2.34. The fourth-order valence-corrected chi connectivity index (χ4v) is 1.81. The SMILES string of the molecule is Nc1c(Nc2ccc(Br)cc2)cccc1C(=O)O. The smallest absolute Gasteiger partial charge is 0.337 e. The predicted molar refractivity (Wildman–Crippen MR) is 75.2 cm³/mol. The van der Waals surface area contributed by atoms with Gasteiger partial charge in [-0.15, -0.1) is 0 Å². The van der Waals surface area contributed by atoms with Gasteiger partial charge >= 0.3 is 5.97 Å². The van der Waals surface area contributed by atoms with Gasteiger partial charge in [0, 0.05) is 10.2 Å². The van der Waals surface area contributed by atoms with Crippen LogP contribution >= 0.6 is 15.9 Å². The van der Waals surface area contributed by atoms with E-state index in [-0.39, 0.29) is 11.3 Å². The molecule has 0 atom stereocenters. The van der Waals surface area contributed by atoms with Crippen molar-refractivity contribution in [2.75, 3.05) is 11.1 Å². The van der Waals surface area contributed by atoms with Crippen molar-refractivity contribution in [2.45, 2.75) is 0 Å². The fraction of sp³-hybridized carbons (Fsp3) is 0. The monoisotopic (exact) mass is 306 g/mol. The van der Waals surface area contributed by atoms with Gasteiger partial charge in [-0.05, 0) is 36.4 Å². The fourth-order valence-electron chi connectivity index (χ4n) is 1.55. The van der Waals surface area contributed by atoms with Crippen LogP contribution in [0.3, 0.4) is 0 Å². The molecule has 0 aliphatic carbocycles. The second-order valence-corrected chi connectivity index (χ2v) is 4.62. The first-order valence-corrected chi connectivity index (χ1v) is 6.01. The van der Waals surface area contributed by atoms with Crippen LogP contribution in [0.2, 0.25) is 0 Å². The van der Waals surface area contributed by atoms with Gasteiger partial charge in [0.05, 0.1) is 16.9 Å². The number of hydrogen-bond acceptors (Lipinski definition) is 3. The zero-order chi connectivity index (χ0) is 13.1. The van der Waals surface area contributed by atoms with Crippen molar-refractivity contribution in [3.63, 3.8) is 0 Å². The van der Waals surface area contributed by atoms with Crippen molar-refractivity contribution in [1.29, 1.82) is 0 Å². The Labute approximate surface area is 113 Å². The molecule has 4 nitrogen and oxygen atoms in total. The van der Waals surface area contributed by atoms with E-state index in [4.69, 9.17) is 10.8 Å². The van der Waals surface area contributed by atoms with Crippen LogP contribution in [-0.4, -0.2) is 11.1 Å². The maximum Gasteiger partial charge on any atom is 0.337 e. The van der Waals surface area contributed by atoms with Crippen LogP contribution < -0.4 is 11.1 Å². The highest BCUT2D eigenvalue weighted by Crippen LogP contribution is 2.26. The Morgan fingerprint density at radius 2 is 1.83 bits per heavy atom. The van der Waals surface area contributed by atoms with Gasteiger partial charge in [-0.3, -0.25) is 0 Å². The molecule has 2 aromatic rings. The van der Waals surface area contributed by atoms with Crippen LogP contribution in [0.1, 0.15) is 10.4 Å². The lowest BCUT2D eigenvalue weighted by atomic mass is 10.1. The molecule has 0 saturated carbocycles. The van der Waals surface area contributed by atoms with Crippen molar-refractivity contribution >= 4 is 39.0 Å². The van der Waals surface area contributed by atoms with E-state index < -0.39 is 5.97 Å². The summed E-state index contributed by atoms with van der Waals surface area (Å²) in [5.74, 6) is -1.04. The summed E-state index contributed by atoms with van der Waals surface area (Å²) in [6.07, 6.45) is 0. The molecule has 2 aromatic carbocycles. The second kappa shape index (κ2) is 5.10. The third-order valence-corrected chi connectivity index (χ3v) is 2.99. The van der Waals surface area contributed by atoms with Gasteiger partial charge in [0.2, 0.25) is 0 Å². The van der Waals surface area contributed by atoms with Crippen molar-refractivity contribution in [2.24, 2.45) is 0 Å². The highest BCUT2D eigenvalue weighted by atomic mass is 79.9. The van der Waals surface area contributed by atoms with Gasteiger partial charge in [0.1, 0.15) is 0 Å². The minimum absolute atomic E-state index is 0.0945. The summed E-state index contributed by atoms with van der Waals surface area (Å²) in [6.45, 7) is 0. The molecule has 0 radical (unpaired) electrons. The number of anilines is 3. The van der Waals surface area contributed by atoms with Gasteiger partial charge in [-0.25, -0.2) is 4.79 Å². The van der Waals surface area contributed by atoms with Crippen molar-refractivity contribution in [1.82, 2.24) is 0 Å². The molecule has 0 fully saturated rings. The molecule has 2 rings (SSSR count). The third kappa shape index (κ3) is 2.62. The minimum atomic E-state index is -1.04. The highest BCUT2D eigenvalue weighted by molar-refractivity contribution is 9.10. The lowest BCUT2D eigenvalue weighted by Crippen LogP contribution is -2.05. The molecule has 5 heteroatoms. The quantitative estimate of drug-likeness (QED) is 0.759. The van der Waals surface area contributed by atoms with E-state index in [1.54, 1.807) is 12.1 Å². The first-order valence-electron chi connectivity index (χ1n) is 5.22. The summed E-state index contributed by atoms with van der Waals surface area (Å²) < 4.78 is 0.973. The van der Waals surface area contributed by atoms with Crippen molar-refractivity contribution < 1.29 is 9.90 Å².